The quantitative estimate of drug-likeness (QED) is 0.332. The van der Waals surface area contributed by atoms with E-state index < -0.39 is 5.97 Å². The van der Waals surface area contributed by atoms with Crippen molar-refractivity contribution in [3.8, 4) is 0 Å². The molecular formula is C18H33NO2. The van der Waals surface area contributed by atoms with Gasteiger partial charge in [-0.1, -0.05) is 62.6 Å². The topological polar surface area (TPSA) is 72.3 Å². The minimum Gasteiger partial charge on any atom is -0.481 e. The van der Waals surface area contributed by atoms with Crippen LogP contribution in [-0.4, -0.2) is 11.1 Å². The van der Waals surface area contributed by atoms with Crippen LogP contribution in [0.2, 0.25) is 0 Å². The number of aliphatic carboxylic acids is 1. The number of allylic oxidation sites excluding steroid dienone is 6. The summed E-state index contributed by atoms with van der Waals surface area (Å²) in [7, 11) is 0. The monoisotopic (exact) mass is 295 g/mol. The van der Waals surface area contributed by atoms with Gasteiger partial charge in [0, 0.05) is 6.42 Å². The lowest BCUT2D eigenvalue weighted by atomic mass is 10.1. The van der Waals surface area contributed by atoms with Gasteiger partial charge < -0.3 is 11.3 Å². The third-order valence-electron chi connectivity index (χ3n) is 3.04. The van der Waals surface area contributed by atoms with Gasteiger partial charge in [0.2, 0.25) is 0 Å². The molecule has 0 rings (SSSR count). The third-order valence-corrected chi connectivity index (χ3v) is 3.04. The fourth-order valence-corrected chi connectivity index (χ4v) is 1.90. The zero-order valence-electron chi connectivity index (χ0n) is 13.6. The van der Waals surface area contributed by atoms with Gasteiger partial charge in [-0.25, -0.2) is 0 Å². The first-order valence-corrected chi connectivity index (χ1v) is 7.94. The van der Waals surface area contributed by atoms with Crippen molar-refractivity contribution in [1.29, 1.82) is 0 Å². The maximum atomic E-state index is 10.3. The molecule has 0 spiro atoms. The van der Waals surface area contributed by atoms with Crippen LogP contribution in [0.5, 0.6) is 0 Å². The highest BCUT2D eigenvalue weighted by Crippen LogP contribution is 2.07. The summed E-state index contributed by atoms with van der Waals surface area (Å²) >= 11 is 0. The predicted octanol–water partition coefficient (Wildman–Crippen LogP) is 5.82. The lowest BCUT2D eigenvalue weighted by molar-refractivity contribution is -0.137. The second kappa shape index (κ2) is 18.7. The maximum absolute atomic E-state index is 10.3. The second-order valence-electron chi connectivity index (χ2n) is 4.99. The van der Waals surface area contributed by atoms with E-state index in [4.69, 9.17) is 5.11 Å². The van der Waals surface area contributed by atoms with Crippen LogP contribution < -0.4 is 6.15 Å². The third kappa shape index (κ3) is 21.1. The molecule has 0 aliphatic rings. The van der Waals surface area contributed by atoms with Crippen LogP contribution in [-0.2, 0) is 4.79 Å². The van der Waals surface area contributed by atoms with Gasteiger partial charge in [-0.2, -0.15) is 0 Å². The Morgan fingerprint density at radius 2 is 1.33 bits per heavy atom. The molecule has 0 saturated heterocycles. The maximum Gasteiger partial charge on any atom is 0.303 e. The van der Waals surface area contributed by atoms with Crippen molar-refractivity contribution in [3.63, 3.8) is 0 Å². The van der Waals surface area contributed by atoms with Crippen LogP contribution in [0.25, 0.3) is 0 Å². The van der Waals surface area contributed by atoms with Gasteiger partial charge in [0.1, 0.15) is 0 Å². The van der Waals surface area contributed by atoms with Crippen molar-refractivity contribution >= 4 is 5.97 Å². The summed E-state index contributed by atoms with van der Waals surface area (Å²) in [6.45, 7) is 2.15. The van der Waals surface area contributed by atoms with Crippen LogP contribution in [0.1, 0.15) is 71.1 Å². The van der Waals surface area contributed by atoms with Crippen LogP contribution in [0.15, 0.2) is 36.5 Å². The van der Waals surface area contributed by atoms with Crippen LogP contribution >= 0.6 is 0 Å². The second-order valence-corrected chi connectivity index (χ2v) is 4.99. The van der Waals surface area contributed by atoms with Crippen molar-refractivity contribution in [2.24, 2.45) is 0 Å². The molecule has 0 atom stereocenters. The first-order valence-electron chi connectivity index (χ1n) is 7.94. The fourth-order valence-electron chi connectivity index (χ4n) is 1.90. The molecule has 0 fully saturated rings. The van der Waals surface area contributed by atoms with E-state index in [1.165, 1.54) is 12.8 Å². The van der Waals surface area contributed by atoms with Gasteiger partial charge in [0.05, 0.1) is 0 Å². The SMILES string of the molecule is CC/C=C\C/C=C\C/C=C\CCCCCCCC(=O)O.N. The highest BCUT2D eigenvalue weighted by molar-refractivity contribution is 5.66. The molecule has 0 bridgehead atoms. The van der Waals surface area contributed by atoms with Crippen molar-refractivity contribution in [2.75, 3.05) is 0 Å². The van der Waals surface area contributed by atoms with E-state index in [1.54, 1.807) is 0 Å². The van der Waals surface area contributed by atoms with Crippen molar-refractivity contribution in [1.82, 2.24) is 6.15 Å². The van der Waals surface area contributed by atoms with Gasteiger partial charge >= 0.3 is 5.97 Å². The summed E-state index contributed by atoms with van der Waals surface area (Å²) in [5.41, 5.74) is 0. The number of rotatable bonds is 13. The Bertz CT molecular complexity index is 306. The highest BCUT2D eigenvalue weighted by Gasteiger charge is 1.95. The van der Waals surface area contributed by atoms with Crippen LogP contribution in [0.4, 0.5) is 0 Å². The molecule has 122 valence electrons. The molecule has 3 nitrogen and oxygen atoms in total. The summed E-state index contributed by atoms with van der Waals surface area (Å²) in [5.74, 6) is -0.675. The highest BCUT2D eigenvalue weighted by atomic mass is 16.4. The first kappa shape index (κ1) is 21.9. The molecule has 4 N–H and O–H groups in total. The van der Waals surface area contributed by atoms with Gasteiger partial charge in [0.15, 0.2) is 0 Å². The van der Waals surface area contributed by atoms with E-state index in [-0.39, 0.29) is 6.15 Å². The van der Waals surface area contributed by atoms with Gasteiger partial charge in [-0.05, 0) is 38.5 Å². The number of carbonyl (C=O) groups is 1. The van der Waals surface area contributed by atoms with Gasteiger partial charge in [0.25, 0.3) is 0 Å². The minimum absolute atomic E-state index is 0. The first-order chi connectivity index (χ1) is 9.77. The predicted molar refractivity (Wildman–Crippen MR) is 91.9 cm³/mol. The zero-order valence-corrected chi connectivity index (χ0v) is 13.6. The summed E-state index contributed by atoms with van der Waals surface area (Å²) in [4.78, 5) is 10.3. The molecule has 0 aromatic rings. The van der Waals surface area contributed by atoms with E-state index in [2.05, 4.69) is 43.4 Å². The van der Waals surface area contributed by atoms with Crippen LogP contribution in [0, 0.1) is 0 Å². The average Bonchev–Trinajstić information content (AvgIpc) is 2.43. The fraction of sp³-hybridized carbons (Fsp3) is 0.611. The molecule has 0 aliphatic heterocycles. The largest absolute Gasteiger partial charge is 0.481 e. The van der Waals surface area contributed by atoms with Gasteiger partial charge in [-0.15, -0.1) is 0 Å². The minimum atomic E-state index is -0.675. The number of unbranched alkanes of at least 4 members (excludes halogenated alkanes) is 5. The Labute approximate surface area is 130 Å². The summed E-state index contributed by atoms with van der Waals surface area (Å²) in [6.07, 6.45) is 23.4. The zero-order chi connectivity index (χ0) is 14.9. The molecule has 0 amide bonds. The summed E-state index contributed by atoms with van der Waals surface area (Å²) < 4.78 is 0. The lowest BCUT2D eigenvalue weighted by Crippen LogP contribution is -1.93. The Kier molecular flexibility index (Phi) is 19.5. The number of hydrogen-bond donors (Lipinski definition) is 2. The molecule has 0 aromatic heterocycles. The Hall–Kier alpha value is -1.35. The van der Waals surface area contributed by atoms with E-state index in [1.807, 2.05) is 0 Å². The number of carboxylic acid groups (broad SMARTS) is 1. The molecule has 0 unspecified atom stereocenters. The van der Waals surface area contributed by atoms with Gasteiger partial charge in [-0.3, -0.25) is 4.79 Å². The lowest BCUT2D eigenvalue weighted by Gasteiger charge is -1.98. The van der Waals surface area contributed by atoms with E-state index in [0.29, 0.717) is 6.42 Å². The smallest absolute Gasteiger partial charge is 0.303 e. The van der Waals surface area contributed by atoms with E-state index in [9.17, 15) is 4.79 Å². The molecule has 0 aliphatic carbocycles. The summed E-state index contributed by atoms with van der Waals surface area (Å²) in [6, 6.07) is 0. The molecular weight excluding hydrogens is 262 g/mol. The van der Waals surface area contributed by atoms with Crippen molar-refractivity contribution in [2.45, 2.75) is 71.1 Å². The molecule has 3 heteroatoms. The number of hydrogen-bond acceptors (Lipinski definition) is 2. The summed E-state index contributed by atoms with van der Waals surface area (Å²) in [5, 5.41) is 8.50. The van der Waals surface area contributed by atoms with Crippen molar-refractivity contribution in [3.05, 3.63) is 36.5 Å². The van der Waals surface area contributed by atoms with Crippen molar-refractivity contribution < 1.29 is 9.90 Å². The Balaban J connectivity index is 0. The molecule has 0 aromatic carbocycles. The van der Waals surface area contributed by atoms with Crippen LogP contribution in [0.3, 0.4) is 0 Å². The molecule has 0 heterocycles. The Morgan fingerprint density at radius 3 is 1.95 bits per heavy atom. The molecule has 0 saturated carbocycles. The number of carboxylic acids is 1. The molecule has 21 heavy (non-hydrogen) atoms. The normalized spacial score (nSPS) is 11.5. The average molecular weight is 295 g/mol. The van der Waals surface area contributed by atoms with E-state index in [0.717, 1.165) is 44.9 Å². The Morgan fingerprint density at radius 1 is 0.810 bits per heavy atom. The molecule has 0 radical (unpaired) electrons. The standard InChI is InChI=1S/C18H30O2.H3N/c1-2-3-4-5-6-7-8-9-10-11-12-13-14-15-16-17-18(19)20;/h3-4,6-7,9-10H,2,5,8,11-17H2,1H3,(H,19,20);1H3/b4-3-,7-6-,10-9-;. The van der Waals surface area contributed by atoms with E-state index >= 15 is 0 Å².